The van der Waals surface area contributed by atoms with E-state index in [1.165, 1.54) is 54.6 Å². The number of benzene rings is 3. The van der Waals surface area contributed by atoms with Crippen molar-refractivity contribution in [1.29, 1.82) is 0 Å². The predicted octanol–water partition coefficient (Wildman–Crippen LogP) is 4.87. The highest BCUT2D eigenvalue weighted by atomic mass is 32.2. The van der Waals surface area contributed by atoms with Crippen LogP contribution < -0.4 is 4.74 Å². The van der Waals surface area contributed by atoms with E-state index in [0.717, 1.165) is 34.9 Å². The molecule has 0 bridgehead atoms. The third-order valence-corrected chi connectivity index (χ3v) is 6.22. The summed E-state index contributed by atoms with van der Waals surface area (Å²) < 4.78 is 5.16. The quantitative estimate of drug-likeness (QED) is 0.122. The number of amides is 2. The highest BCUT2D eigenvalue weighted by Gasteiger charge is 2.35. The zero-order chi connectivity index (χ0) is 28.3. The van der Waals surface area contributed by atoms with Gasteiger partial charge in [0.2, 0.25) is 0 Å². The first-order valence-corrected chi connectivity index (χ1v) is 11.6. The van der Waals surface area contributed by atoms with Crippen molar-refractivity contribution in [1.82, 2.24) is 4.90 Å². The van der Waals surface area contributed by atoms with E-state index in [1.54, 1.807) is 0 Å². The van der Waals surface area contributed by atoms with Crippen LogP contribution in [0.1, 0.15) is 21.5 Å². The number of nitro benzene ring substituents is 3. The van der Waals surface area contributed by atoms with Gasteiger partial charge in [0, 0.05) is 24.3 Å². The Labute approximate surface area is 221 Å². The first-order chi connectivity index (χ1) is 18.5. The number of imide groups is 1. The number of nitro groups is 3. The van der Waals surface area contributed by atoms with Crippen LogP contribution in [-0.4, -0.2) is 36.8 Å². The van der Waals surface area contributed by atoms with Gasteiger partial charge in [-0.15, -0.1) is 0 Å². The Bertz CT molecular complexity index is 1540. The maximum Gasteiger partial charge on any atom is 0.344 e. The number of carbonyl (C=O) groups is 3. The van der Waals surface area contributed by atoms with Gasteiger partial charge >= 0.3 is 5.97 Å². The smallest absolute Gasteiger partial charge is 0.344 e. The van der Waals surface area contributed by atoms with Crippen molar-refractivity contribution < 1.29 is 33.9 Å². The van der Waals surface area contributed by atoms with E-state index < -0.39 is 43.3 Å². The van der Waals surface area contributed by atoms with Crippen molar-refractivity contribution in [2.75, 3.05) is 0 Å². The Morgan fingerprint density at radius 1 is 0.821 bits per heavy atom. The lowest BCUT2D eigenvalue weighted by molar-refractivity contribution is -0.394. The molecule has 0 N–H and O–H groups in total. The molecule has 0 aromatic heterocycles. The molecule has 0 radical (unpaired) electrons. The van der Waals surface area contributed by atoms with Crippen LogP contribution in [0.2, 0.25) is 0 Å². The number of non-ortho nitro benzene ring substituents is 3. The summed E-state index contributed by atoms with van der Waals surface area (Å²) in [5, 5.41) is 32.3. The van der Waals surface area contributed by atoms with Gasteiger partial charge in [0.1, 0.15) is 5.75 Å². The van der Waals surface area contributed by atoms with E-state index in [2.05, 4.69) is 0 Å². The molecular weight excluding hydrogens is 536 g/mol. The lowest BCUT2D eigenvalue weighted by Gasteiger charge is -2.12. The molecule has 15 heteroatoms. The largest absolute Gasteiger partial charge is 0.423 e. The molecule has 14 nitrogen and oxygen atoms in total. The molecule has 39 heavy (non-hydrogen) atoms. The van der Waals surface area contributed by atoms with Crippen LogP contribution >= 0.6 is 11.8 Å². The molecule has 0 atom stereocenters. The van der Waals surface area contributed by atoms with Crippen molar-refractivity contribution in [3.05, 3.63) is 119 Å². The molecule has 0 unspecified atom stereocenters. The highest BCUT2D eigenvalue weighted by molar-refractivity contribution is 8.18. The summed E-state index contributed by atoms with van der Waals surface area (Å²) in [7, 11) is 0. The van der Waals surface area contributed by atoms with Gasteiger partial charge < -0.3 is 4.74 Å². The molecule has 196 valence electrons. The lowest BCUT2D eigenvalue weighted by atomic mass is 10.1. The van der Waals surface area contributed by atoms with Gasteiger partial charge in [-0.3, -0.25) is 44.8 Å². The maximum absolute atomic E-state index is 12.8. The Morgan fingerprint density at radius 3 is 1.92 bits per heavy atom. The molecule has 3 aromatic carbocycles. The highest BCUT2D eigenvalue weighted by Crippen LogP contribution is 2.34. The Hall–Kier alpha value is -5.44. The summed E-state index contributed by atoms with van der Waals surface area (Å²) in [6.45, 7) is -0.0648. The molecule has 1 heterocycles. The summed E-state index contributed by atoms with van der Waals surface area (Å²) in [5.41, 5.74) is -0.774. The second kappa shape index (κ2) is 10.9. The van der Waals surface area contributed by atoms with E-state index >= 15 is 0 Å². The predicted molar refractivity (Wildman–Crippen MR) is 136 cm³/mol. The van der Waals surface area contributed by atoms with E-state index in [0.29, 0.717) is 11.1 Å². The molecule has 1 aliphatic heterocycles. The van der Waals surface area contributed by atoms with Gasteiger partial charge in [-0.25, -0.2) is 4.79 Å². The second-order valence-corrected chi connectivity index (χ2v) is 8.90. The Morgan fingerprint density at radius 2 is 1.38 bits per heavy atom. The van der Waals surface area contributed by atoms with Gasteiger partial charge in [0.15, 0.2) is 0 Å². The fourth-order valence-corrected chi connectivity index (χ4v) is 4.25. The number of esters is 1. The van der Waals surface area contributed by atoms with Crippen LogP contribution in [-0.2, 0) is 11.3 Å². The average molecular weight is 550 g/mol. The summed E-state index contributed by atoms with van der Waals surface area (Å²) in [5.74, 6) is -1.58. The van der Waals surface area contributed by atoms with Crippen molar-refractivity contribution in [3.63, 3.8) is 0 Å². The second-order valence-electron chi connectivity index (χ2n) is 7.90. The van der Waals surface area contributed by atoms with E-state index in [-0.39, 0.29) is 28.5 Å². The molecule has 2 amide bonds. The number of carbonyl (C=O) groups excluding carboxylic acids is 3. The van der Waals surface area contributed by atoms with Gasteiger partial charge in [-0.1, -0.05) is 24.3 Å². The third-order valence-electron chi connectivity index (χ3n) is 5.31. The average Bonchev–Trinajstić information content (AvgIpc) is 3.16. The summed E-state index contributed by atoms with van der Waals surface area (Å²) in [6.07, 6.45) is 1.45. The fourth-order valence-electron chi connectivity index (χ4n) is 3.42. The minimum atomic E-state index is -1.05. The number of hydrogen-bond acceptors (Lipinski definition) is 11. The lowest BCUT2D eigenvalue weighted by Crippen LogP contribution is -2.27. The Kier molecular flexibility index (Phi) is 7.44. The van der Waals surface area contributed by atoms with Crippen molar-refractivity contribution in [2.24, 2.45) is 0 Å². The summed E-state index contributed by atoms with van der Waals surface area (Å²) >= 11 is 0.718. The number of ether oxygens (including phenoxy) is 1. The standard InChI is InChI=1S/C24H14N4O10S/c29-22-21(39-24(31)25(22)13-15-1-5-17(6-2-15)26(32)33)9-14-3-7-20(8-4-14)38-23(30)16-10-18(27(34)35)12-19(11-16)28(36)37/h1-12H,13H2/b21-9-. The number of rotatable bonds is 8. The van der Waals surface area contributed by atoms with E-state index in [4.69, 9.17) is 4.74 Å². The van der Waals surface area contributed by atoms with E-state index in [1.807, 2.05) is 0 Å². The Balaban J connectivity index is 1.45. The van der Waals surface area contributed by atoms with Crippen LogP contribution in [0.4, 0.5) is 21.9 Å². The van der Waals surface area contributed by atoms with Crippen molar-refractivity contribution >= 4 is 52.0 Å². The molecule has 0 saturated carbocycles. The SMILES string of the molecule is O=C(Oc1ccc(/C=C2\SC(=O)N(Cc3ccc([N+](=O)[O-])cc3)C2=O)cc1)c1cc([N+](=O)[O-])cc([N+](=O)[O-])c1. The zero-order valence-electron chi connectivity index (χ0n) is 19.4. The fraction of sp³-hybridized carbons (Fsp3) is 0.0417. The number of thioether (sulfide) groups is 1. The normalized spacial score (nSPS) is 13.9. The minimum absolute atomic E-state index is 0.0255. The van der Waals surface area contributed by atoms with Crippen molar-refractivity contribution in [3.8, 4) is 5.75 Å². The van der Waals surface area contributed by atoms with Crippen molar-refractivity contribution in [2.45, 2.75) is 6.54 Å². The number of hydrogen-bond donors (Lipinski definition) is 0. The van der Waals surface area contributed by atoms with Crippen LogP contribution in [0.15, 0.2) is 71.6 Å². The summed E-state index contributed by atoms with van der Waals surface area (Å²) in [4.78, 5) is 69.3. The molecule has 0 aliphatic carbocycles. The molecule has 0 spiro atoms. The first-order valence-electron chi connectivity index (χ1n) is 10.8. The monoisotopic (exact) mass is 550 g/mol. The molecule has 1 saturated heterocycles. The van der Waals surface area contributed by atoms with Crippen LogP contribution in [0.25, 0.3) is 6.08 Å². The van der Waals surface area contributed by atoms with Gasteiger partial charge in [0.05, 0.1) is 37.8 Å². The third kappa shape index (κ3) is 6.11. The molecule has 1 fully saturated rings. The van der Waals surface area contributed by atoms with E-state index in [9.17, 15) is 44.7 Å². The topological polar surface area (TPSA) is 193 Å². The van der Waals surface area contributed by atoms with Crippen LogP contribution in [0, 0.1) is 30.3 Å². The molecule has 4 rings (SSSR count). The maximum atomic E-state index is 12.8. The van der Waals surface area contributed by atoms with Gasteiger partial charge in [0.25, 0.3) is 28.2 Å². The molecular formula is C24H14N4O10S. The van der Waals surface area contributed by atoms with Gasteiger partial charge in [-0.2, -0.15) is 0 Å². The zero-order valence-corrected chi connectivity index (χ0v) is 20.2. The molecule has 3 aromatic rings. The number of nitrogens with zero attached hydrogens (tertiary/aromatic N) is 4. The minimum Gasteiger partial charge on any atom is -0.423 e. The van der Waals surface area contributed by atoms with Crippen LogP contribution in [0.3, 0.4) is 0 Å². The van der Waals surface area contributed by atoms with Gasteiger partial charge in [-0.05, 0) is 41.1 Å². The van der Waals surface area contributed by atoms with Crippen LogP contribution in [0.5, 0.6) is 5.75 Å². The summed E-state index contributed by atoms with van der Waals surface area (Å²) in [6, 6.07) is 13.6. The first kappa shape index (κ1) is 26.6. The molecule has 1 aliphatic rings.